The molecule has 0 aromatic carbocycles. The van der Waals surface area contributed by atoms with Gasteiger partial charge >= 0.3 is 0 Å². The van der Waals surface area contributed by atoms with E-state index in [-0.39, 0.29) is 11.0 Å². The Kier molecular flexibility index (Phi) is 3.98. The number of hydrogen-bond donors (Lipinski definition) is 2. The van der Waals surface area contributed by atoms with E-state index in [0.29, 0.717) is 12.8 Å². The number of pyridine rings is 1. The number of hydrogen-bond acceptors (Lipinski definition) is 3. The third-order valence-corrected chi connectivity index (χ3v) is 4.27. The molecule has 114 valence electrons. The normalized spacial score (nSPS) is 19.8. The lowest BCUT2D eigenvalue weighted by Crippen LogP contribution is -2.59. The molecule has 1 aromatic rings. The number of halogens is 1. The van der Waals surface area contributed by atoms with E-state index >= 15 is 0 Å². The SMILES string of the molecule is CC1(C)CCC(NC(=O)c2ccnc(F)c2)(C(N)=O)CC1. The Morgan fingerprint density at radius 3 is 2.43 bits per heavy atom. The van der Waals surface area contributed by atoms with E-state index in [1.165, 1.54) is 12.3 Å². The molecule has 0 radical (unpaired) electrons. The van der Waals surface area contributed by atoms with Gasteiger partial charge in [-0.15, -0.1) is 0 Å². The molecule has 2 amide bonds. The summed E-state index contributed by atoms with van der Waals surface area (Å²) < 4.78 is 13.1. The van der Waals surface area contributed by atoms with Gasteiger partial charge in [0.25, 0.3) is 5.91 Å². The van der Waals surface area contributed by atoms with Gasteiger partial charge in [0.05, 0.1) is 0 Å². The summed E-state index contributed by atoms with van der Waals surface area (Å²) in [6.07, 6.45) is 3.79. The average Bonchev–Trinajstić information content (AvgIpc) is 2.41. The lowest BCUT2D eigenvalue weighted by atomic mass is 9.69. The van der Waals surface area contributed by atoms with E-state index in [0.717, 1.165) is 18.9 Å². The maximum Gasteiger partial charge on any atom is 0.252 e. The van der Waals surface area contributed by atoms with E-state index in [4.69, 9.17) is 5.73 Å². The Morgan fingerprint density at radius 1 is 1.29 bits per heavy atom. The second-order valence-corrected chi connectivity index (χ2v) is 6.43. The van der Waals surface area contributed by atoms with Crippen molar-refractivity contribution >= 4 is 11.8 Å². The number of primary amides is 1. The van der Waals surface area contributed by atoms with Crippen molar-refractivity contribution < 1.29 is 14.0 Å². The first-order chi connectivity index (χ1) is 9.74. The second kappa shape index (κ2) is 5.42. The summed E-state index contributed by atoms with van der Waals surface area (Å²) in [5.41, 5.74) is 4.72. The van der Waals surface area contributed by atoms with Gasteiger partial charge in [0.2, 0.25) is 11.9 Å². The predicted molar refractivity (Wildman–Crippen MR) is 75.8 cm³/mol. The van der Waals surface area contributed by atoms with E-state index in [1.807, 2.05) is 0 Å². The lowest BCUT2D eigenvalue weighted by molar-refractivity contribution is -0.126. The quantitative estimate of drug-likeness (QED) is 0.833. The fourth-order valence-corrected chi connectivity index (χ4v) is 2.62. The van der Waals surface area contributed by atoms with Gasteiger partial charge in [0.15, 0.2) is 0 Å². The van der Waals surface area contributed by atoms with Crippen LogP contribution in [-0.4, -0.2) is 22.3 Å². The number of carbonyl (C=O) groups excluding carboxylic acids is 2. The van der Waals surface area contributed by atoms with Crippen LogP contribution in [0.5, 0.6) is 0 Å². The van der Waals surface area contributed by atoms with Crippen LogP contribution < -0.4 is 11.1 Å². The average molecular weight is 293 g/mol. The summed E-state index contributed by atoms with van der Waals surface area (Å²) >= 11 is 0. The van der Waals surface area contributed by atoms with Gasteiger partial charge in [-0.1, -0.05) is 13.8 Å². The molecule has 3 N–H and O–H groups in total. The zero-order valence-electron chi connectivity index (χ0n) is 12.3. The van der Waals surface area contributed by atoms with Gasteiger partial charge < -0.3 is 11.1 Å². The fourth-order valence-electron chi connectivity index (χ4n) is 2.62. The minimum atomic E-state index is -1.05. The number of nitrogens with one attached hydrogen (secondary N) is 1. The summed E-state index contributed by atoms with van der Waals surface area (Å²) in [5.74, 6) is -1.78. The zero-order valence-corrected chi connectivity index (χ0v) is 12.3. The topological polar surface area (TPSA) is 85.1 Å². The minimum Gasteiger partial charge on any atom is -0.368 e. The van der Waals surface area contributed by atoms with Crippen LogP contribution in [0.4, 0.5) is 4.39 Å². The summed E-state index contributed by atoms with van der Waals surface area (Å²) in [6.45, 7) is 4.25. The number of carbonyl (C=O) groups is 2. The summed E-state index contributed by atoms with van der Waals surface area (Å²) in [5, 5.41) is 2.71. The Morgan fingerprint density at radius 2 is 1.90 bits per heavy atom. The van der Waals surface area contributed by atoms with Crippen LogP contribution in [-0.2, 0) is 4.79 Å². The van der Waals surface area contributed by atoms with Crippen LogP contribution in [0.25, 0.3) is 0 Å². The lowest BCUT2D eigenvalue weighted by Gasteiger charge is -2.41. The summed E-state index contributed by atoms with van der Waals surface area (Å²) in [7, 11) is 0. The second-order valence-electron chi connectivity index (χ2n) is 6.43. The molecule has 0 spiro atoms. The fraction of sp³-hybridized carbons (Fsp3) is 0.533. The molecule has 21 heavy (non-hydrogen) atoms. The predicted octanol–water partition coefficient (Wildman–Crippen LogP) is 1.77. The number of nitrogens with two attached hydrogens (primary N) is 1. The summed E-state index contributed by atoms with van der Waals surface area (Å²) in [6, 6.07) is 2.44. The van der Waals surface area contributed by atoms with Crippen molar-refractivity contribution in [3.8, 4) is 0 Å². The molecule has 6 heteroatoms. The summed E-state index contributed by atoms with van der Waals surface area (Å²) in [4.78, 5) is 27.5. The number of amides is 2. The van der Waals surface area contributed by atoms with E-state index in [2.05, 4.69) is 24.1 Å². The molecule has 5 nitrogen and oxygen atoms in total. The molecule has 1 saturated carbocycles. The van der Waals surface area contributed by atoms with Crippen molar-refractivity contribution in [2.45, 2.75) is 45.1 Å². The van der Waals surface area contributed by atoms with E-state index in [9.17, 15) is 14.0 Å². The largest absolute Gasteiger partial charge is 0.368 e. The highest BCUT2D eigenvalue weighted by atomic mass is 19.1. The van der Waals surface area contributed by atoms with Crippen molar-refractivity contribution in [3.63, 3.8) is 0 Å². The van der Waals surface area contributed by atoms with Gasteiger partial charge in [-0.05, 0) is 37.2 Å². The number of aromatic nitrogens is 1. The standard InChI is InChI=1S/C15H20FN3O2/c1-14(2)4-6-15(7-5-14,13(17)21)19-12(20)10-3-8-18-11(16)9-10/h3,8-9H,4-7H2,1-2H3,(H2,17,21)(H,19,20). The molecule has 0 atom stereocenters. The molecule has 1 aliphatic carbocycles. The molecule has 0 saturated heterocycles. The molecule has 2 rings (SSSR count). The maximum atomic E-state index is 13.1. The third-order valence-electron chi connectivity index (χ3n) is 4.27. The van der Waals surface area contributed by atoms with Crippen molar-refractivity contribution in [2.24, 2.45) is 11.1 Å². The highest BCUT2D eigenvalue weighted by molar-refractivity contribution is 5.98. The Balaban J connectivity index is 2.18. The molecule has 1 fully saturated rings. The molecular formula is C15H20FN3O2. The third kappa shape index (κ3) is 3.37. The molecular weight excluding hydrogens is 273 g/mol. The highest BCUT2D eigenvalue weighted by Gasteiger charge is 2.43. The van der Waals surface area contributed by atoms with Crippen molar-refractivity contribution in [1.29, 1.82) is 0 Å². The van der Waals surface area contributed by atoms with Crippen molar-refractivity contribution in [3.05, 3.63) is 29.8 Å². The van der Waals surface area contributed by atoms with Crippen LogP contribution in [0.2, 0.25) is 0 Å². The van der Waals surface area contributed by atoms with Crippen LogP contribution in [0, 0.1) is 11.4 Å². The van der Waals surface area contributed by atoms with Crippen LogP contribution >= 0.6 is 0 Å². The maximum absolute atomic E-state index is 13.1. The van der Waals surface area contributed by atoms with Crippen molar-refractivity contribution in [1.82, 2.24) is 10.3 Å². The molecule has 0 bridgehead atoms. The van der Waals surface area contributed by atoms with Gasteiger partial charge in [0.1, 0.15) is 5.54 Å². The van der Waals surface area contributed by atoms with E-state index in [1.54, 1.807) is 0 Å². The number of nitrogens with zero attached hydrogens (tertiary/aromatic N) is 1. The zero-order chi connectivity index (χ0) is 15.7. The Bertz CT molecular complexity index is 562. The first-order valence-electron chi connectivity index (χ1n) is 6.98. The minimum absolute atomic E-state index is 0.131. The molecule has 1 heterocycles. The molecule has 0 aliphatic heterocycles. The van der Waals surface area contributed by atoms with E-state index < -0.39 is 23.3 Å². The van der Waals surface area contributed by atoms with Crippen LogP contribution in [0.1, 0.15) is 49.9 Å². The first kappa shape index (κ1) is 15.4. The van der Waals surface area contributed by atoms with Gasteiger partial charge in [0, 0.05) is 17.8 Å². The van der Waals surface area contributed by atoms with Gasteiger partial charge in [-0.2, -0.15) is 4.39 Å². The van der Waals surface area contributed by atoms with Crippen molar-refractivity contribution in [2.75, 3.05) is 0 Å². The number of rotatable bonds is 3. The van der Waals surface area contributed by atoms with Crippen LogP contribution in [0.3, 0.4) is 0 Å². The smallest absolute Gasteiger partial charge is 0.252 e. The van der Waals surface area contributed by atoms with Gasteiger partial charge in [-0.3, -0.25) is 9.59 Å². The first-order valence-corrected chi connectivity index (χ1v) is 6.98. The van der Waals surface area contributed by atoms with Gasteiger partial charge in [-0.25, -0.2) is 4.98 Å². The Hall–Kier alpha value is -1.98. The molecule has 1 aromatic heterocycles. The van der Waals surface area contributed by atoms with Crippen LogP contribution in [0.15, 0.2) is 18.3 Å². The molecule has 0 unspecified atom stereocenters. The molecule has 1 aliphatic rings. The highest BCUT2D eigenvalue weighted by Crippen LogP contribution is 2.40. The Labute approximate surface area is 123 Å². The monoisotopic (exact) mass is 293 g/mol.